The molecule has 0 bridgehead atoms. The van der Waals surface area contributed by atoms with Gasteiger partial charge >= 0.3 is 0 Å². The first kappa shape index (κ1) is 13.2. The number of hydrogen-bond donors (Lipinski definition) is 2. The van der Waals surface area contributed by atoms with Crippen molar-refractivity contribution in [3.8, 4) is 0 Å². The third kappa shape index (κ3) is 2.45. The van der Waals surface area contributed by atoms with Crippen LogP contribution in [0.4, 0.5) is 5.69 Å². The number of amides is 1. The van der Waals surface area contributed by atoms with E-state index in [1.54, 1.807) is 26.0 Å². The Kier molecular flexibility index (Phi) is 3.79. The summed E-state index contributed by atoms with van der Waals surface area (Å²) < 4.78 is 8.24. The highest BCUT2D eigenvalue weighted by Gasteiger charge is 2.20. The van der Waals surface area contributed by atoms with Crippen molar-refractivity contribution >= 4 is 46.0 Å². The van der Waals surface area contributed by atoms with Crippen LogP contribution in [0.5, 0.6) is 0 Å². The highest BCUT2D eigenvalue weighted by atomic mass is 35.5. The van der Waals surface area contributed by atoms with Gasteiger partial charge in [0.1, 0.15) is 11.0 Å². The van der Waals surface area contributed by atoms with E-state index in [0.29, 0.717) is 21.7 Å². The second kappa shape index (κ2) is 5.17. The predicted molar refractivity (Wildman–Crippen MR) is 73.9 cm³/mol. The van der Waals surface area contributed by atoms with Crippen LogP contribution in [-0.4, -0.2) is 20.7 Å². The Bertz CT molecular complexity index is 583. The van der Waals surface area contributed by atoms with Gasteiger partial charge in [-0.3, -0.25) is 4.79 Å². The summed E-state index contributed by atoms with van der Waals surface area (Å²) in [5.74, 6) is -0.477. The quantitative estimate of drug-likeness (QED) is 0.906. The number of rotatable bonds is 3. The van der Waals surface area contributed by atoms with E-state index in [2.05, 4.69) is 14.1 Å². The lowest BCUT2D eigenvalue weighted by molar-refractivity contribution is -0.119. The van der Waals surface area contributed by atoms with Gasteiger partial charge in [0.2, 0.25) is 5.91 Å². The van der Waals surface area contributed by atoms with E-state index in [0.717, 1.165) is 11.7 Å². The third-order valence-electron chi connectivity index (χ3n) is 2.83. The summed E-state index contributed by atoms with van der Waals surface area (Å²) in [6.07, 6.45) is 0. The highest BCUT2D eigenvalue weighted by Crippen LogP contribution is 2.30. The fraction of sp³-hybridized carbons (Fsp3) is 0.364. The summed E-state index contributed by atoms with van der Waals surface area (Å²) in [6, 6.07) is 3.24. The number of halogens is 1. The average Bonchev–Trinajstić information content (AvgIpc) is 2.79. The van der Waals surface area contributed by atoms with Gasteiger partial charge in [-0.05, 0) is 19.1 Å². The Morgan fingerprint density at radius 1 is 1.44 bits per heavy atom. The molecule has 5 nitrogen and oxygen atoms in total. The molecule has 2 atom stereocenters. The van der Waals surface area contributed by atoms with E-state index < -0.39 is 0 Å². The SMILES string of the molecule is CC(N)C(C)C(=O)Nc1c(Cl)ccc2nsnc12. The first-order chi connectivity index (χ1) is 8.50. The topological polar surface area (TPSA) is 80.9 Å². The Balaban J connectivity index is 2.34. The van der Waals surface area contributed by atoms with Crippen LogP contribution in [0.25, 0.3) is 11.0 Å². The van der Waals surface area contributed by atoms with E-state index in [-0.39, 0.29) is 17.9 Å². The number of carbonyl (C=O) groups is 1. The fourth-order valence-electron chi connectivity index (χ4n) is 1.42. The van der Waals surface area contributed by atoms with Crippen molar-refractivity contribution in [3.05, 3.63) is 17.2 Å². The molecule has 96 valence electrons. The van der Waals surface area contributed by atoms with E-state index >= 15 is 0 Å². The molecule has 0 aliphatic carbocycles. The molecule has 0 saturated carbocycles. The average molecular weight is 285 g/mol. The summed E-state index contributed by atoms with van der Waals surface area (Å²) in [6.45, 7) is 3.56. The van der Waals surface area contributed by atoms with Gasteiger partial charge in [-0.1, -0.05) is 18.5 Å². The molecule has 2 rings (SSSR count). The maximum absolute atomic E-state index is 12.0. The molecule has 3 N–H and O–H groups in total. The second-order valence-corrected chi connectivity index (χ2v) is 5.13. The predicted octanol–water partition coefficient (Wildman–Crippen LogP) is 2.27. The van der Waals surface area contributed by atoms with Crippen LogP contribution in [0, 0.1) is 5.92 Å². The van der Waals surface area contributed by atoms with E-state index in [4.69, 9.17) is 17.3 Å². The van der Waals surface area contributed by atoms with Crippen LogP contribution in [0.1, 0.15) is 13.8 Å². The zero-order valence-electron chi connectivity index (χ0n) is 9.98. The van der Waals surface area contributed by atoms with Gasteiger partial charge in [-0.2, -0.15) is 8.75 Å². The molecule has 0 radical (unpaired) electrons. The number of fused-ring (bicyclic) bond motifs is 1. The second-order valence-electron chi connectivity index (χ2n) is 4.19. The largest absolute Gasteiger partial charge is 0.327 e. The van der Waals surface area contributed by atoms with E-state index in [1.165, 1.54) is 0 Å². The molecular formula is C11H13ClN4OS. The molecule has 1 aromatic carbocycles. The Morgan fingerprint density at radius 2 is 2.17 bits per heavy atom. The van der Waals surface area contributed by atoms with Gasteiger partial charge in [0, 0.05) is 6.04 Å². The monoisotopic (exact) mass is 284 g/mol. The van der Waals surface area contributed by atoms with Gasteiger partial charge in [-0.15, -0.1) is 0 Å². The summed E-state index contributed by atoms with van der Waals surface area (Å²) in [5, 5.41) is 3.22. The molecule has 0 aliphatic rings. The van der Waals surface area contributed by atoms with Gasteiger partial charge in [0.05, 0.1) is 28.4 Å². The van der Waals surface area contributed by atoms with E-state index in [9.17, 15) is 4.79 Å². The van der Waals surface area contributed by atoms with Crippen molar-refractivity contribution in [2.45, 2.75) is 19.9 Å². The van der Waals surface area contributed by atoms with Crippen molar-refractivity contribution in [1.82, 2.24) is 8.75 Å². The number of aromatic nitrogens is 2. The number of nitrogens with one attached hydrogen (secondary N) is 1. The molecule has 0 aliphatic heterocycles. The molecule has 0 saturated heterocycles. The normalized spacial score (nSPS) is 14.4. The maximum Gasteiger partial charge on any atom is 0.228 e. The number of hydrogen-bond acceptors (Lipinski definition) is 5. The van der Waals surface area contributed by atoms with Gasteiger partial charge in [0.15, 0.2) is 0 Å². The molecule has 1 aromatic heterocycles. The lowest BCUT2D eigenvalue weighted by Gasteiger charge is -2.16. The van der Waals surface area contributed by atoms with Crippen LogP contribution in [0.2, 0.25) is 5.02 Å². The number of nitrogens with two attached hydrogens (primary N) is 1. The molecule has 1 amide bonds. The summed E-state index contributed by atoms with van der Waals surface area (Å²) in [4.78, 5) is 12.0. The summed E-state index contributed by atoms with van der Waals surface area (Å²) in [5.41, 5.74) is 7.53. The van der Waals surface area contributed by atoms with Crippen LogP contribution in [0.15, 0.2) is 12.1 Å². The number of anilines is 1. The maximum atomic E-state index is 12.0. The summed E-state index contributed by atoms with van der Waals surface area (Å²) >= 11 is 7.16. The number of nitrogens with zero attached hydrogens (tertiary/aromatic N) is 2. The van der Waals surface area contributed by atoms with Crippen molar-refractivity contribution in [3.63, 3.8) is 0 Å². The zero-order valence-corrected chi connectivity index (χ0v) is 11.5. The molecular weight excluding hydrogens is 272 g/mol. The lowest BCUT2D eigenvalue weighted by Crippen LogP contribution is -2.34. The molecule has 0 spiro atoms. The minimum absolute atomic E-state index is 0.174. The molecule has 2 aromatic rings. The van der Waals surface area contributed by atoms with Crippen LogP contribution < -0.4 is 11.1 Å². The van der Waals surface area contributed by atoms with Crippen LogP contribution in [-0.2, 0) is 4.79 Å². The van der Waals surface area contributed by atoms with Gasteiger partial charge < -0.3 is 11.1 Å². The fourth-order valence-corrected chi connectivity index (χ4v) is 2.16. The highest BCUT2D eigenvalue weighted by molar-refractivity contribution is 7.00. The number of carbonyl (C=O) groups excluding carboxylic acids is 1. The van der Waals surface area contributed by atoms with Gasteiger partial charge in [0.25, 0.3) is 0 Å². The molecule has 2 unspecified atom stereocenters. The van der Waals surface area contributed by atoms with Crippen molar-refractivity contribution < 1.29 is 4.79 Å². The lowest BCUT2D eigenvalue weighted by atomic mass is 10.0. The van der Waals surface area contributed by atoms with E-state index in [1.807, 2.05) is 0 Å². The van der Waals surface area contributed by atoms with Crippen LogP contribution in [0.3, 0.4) is 0 Å². The standard InChI is InChI=1S/C11H13ClN4OS/c1-5(6(2)13)11(17)14-9-7(12)3-4-8-10(9)16-18-15-8/h3-6H,13H2,1-2H3,(H,14,17). The first-order valence-electron chi connectivity index (χ1n) is 5.48. The van der Waals surface area contributed by atoms with Crippen molar-refractivity contribution in [1.29, 1.82) is 0 Å². The molecule has 1 heterocycles. The zero-order chi connectivity index (χ0) is 13.3. The first-order valence-corrected chi connectivity index (χ1v) is 6.58. The van der Waals surface area contributed by atoms with Crippen LogP contribution >= 0.6 is 23.3 Å². The third-order valence-corrected chi connectivity index (χ3v) is 3.69. The number of benzene rings is 1. The Morgan fingerprint density at radius 3 is 2.83 bits per heavy atom. The minimum Gasteiger partial charge on any atom is -0.327 e. The van der Waals surface area contributed by atoms with Gasteiger partial charge in [-0.25, -0.2) is 0 Å². The summed E-state index contributed by atoms with van der Waals surface area (Å²) in [7, 11) is 0. The Labute approximate surface area is 114 Å². The smallest absolute Gasteiger partial charge is 0.228 e. The van der Waals surface area contributed by atoms with Crippen molar-refractivity contribution in [2.24, 2.45) is 11.7 Å². The van der Waals surface area contributed by atoms with Crippen molar-refractivity contribution in [2.75, 3.05) is 5.32 Å². The minimum atomic E-state index is -0.303. The molecule has 7 heteroatoms. The molecule has 18 heavy (non-hydrogen) atoms. The Hall–Kier alpha value is -1.24. The molecule has 0 fully saturated rings.